The molecule has 1 N–H and O–H groups in total. The summed E-state index contributed by atoms with van der Waals surface area (Å²) in [7, 11) is 0. The molecule has 1 rings (SSSR count). The summed E-state index contributed by atoms with van der Waals surface area (Å²) in [5.74, 6) is 0.182. The molecule has 4 heteroatoms. The molecular formula is C12H23NO3. The lowest BCUT2D eigenvalue weighted by molar-refractivity contribution is 0.00543. The van der Waals surface area contributed by atoms with Crippen LogP contribution in [0.2, 0.25) is 0 Å². The van der Waals surface area contributed by atoms with Gasteiger partial charge >= 0.3 is 6.09 Å². The van der Waals surface area contributed by atoms with Gasteiger partial charge in [0, 0.05) is 19.0 Å². The summed E-state index contributed by atoms with van der Waals surface area (Å²) in [6.07, 6.45) is 1.30. The maximum absolute atomic E-state index is 11.8. The van der Waals surface area contributed by atoms with E-state index in [2.05, 4.69) is 0 Å². The van der Waals surface area contributed by atoms with Crippen LogP contribution >= 0.6 is 0 Å². The normalized spacial score (nSPS) is 24.1. The molecule has 1 saturated heterocycles. The number of carbonyl (C=O) groups is 1. The van der Waals surface area contributed by atoms with Crippen molar-refractivity contribution in [3.8, 4) is 0 Å². The Morgan fingerprint density at radius 3 is 2.62 bits per heavy atom. The molecule has 1 amide bonds. The van der Waals surface area contributed by atoms with Crippen LogP contribution < -0.4 is 0 Å². The van der Waals surface area contributed by atoms with Crippen LogP contribution in [-0.2, 0) is 4.74 Å². The molecule has 1 heterocycles. The van der Waals surface area contributed by atoms with Gasteiger partial charge in [0.1, 0.15) is 5.60 Å². The van der Waals surface area contributed by atoms with E-state index in [1.807, 2.05) is 20.8 Å². The third-order valence-electron chi connectivity index (χ3n) is 2.79. The predicted molar refractivity (Wildman–Crippen MR) is 62.2 cm³/mol. The molecule has 1 aliphatic rings. The second-order valence-electron chi connectivity index (χ2n) is 5.57. The van der Waals surface area contributed by atoms with Crippen molar-refractivity contribution in [1.29, 1.82) is 0 Å². The number of aliphatic hydroxyl groups is 1. The average molecular weight is 229 g/mol. The molecule has 2 atom stereocenters. The molecule has 1 aliphatic heterocycles. The standard InChI is InChI=1S/C12H23NO3/c1-9(14)10-6-5-7-13(8-10)11(15)16-12(2,3)4/h9-10,14H,5-8H2,1-4H3/t9-,10-/m1/s1. The number of nitrogens with zero attached hydrogens (tertiary/aromatic N) is 1. The zero-order valence-electron chi connectivity index (χ0n) is 10.7. The van der Waals surface area contributed by atoms with Gasteiger partial charge in [0.25, 0.3) is 0 Å². The predicted octanol–water partition coefficient (Wildman–Crippen LogP) is 2.01. The van der Waals surface area contributed by atoms with Crippen LogP contribution in [0.1, 0.15) is 40.5 Å². The van der Waals surface area contributed by atoms with Crippen LogP contribution in [0.4, 0.5) is 4.79 Å². The minimum atomic E-state index is -0.450. The quantitative estimate of drug-likeness (QED) is 0.748. The van der Waals surface area contributed by atoms with Crippen LogP contribution in [-0.4, -0.2) is 40.9 Å². The van der Waals surface area contributed by atoms with Gasteiger partial charge < -0.3 is 14.7 Å². The molecule has 0 spiro atoms. The van der Waals surface area contributed by atoms with Crippen molar-refractivity contribution in [2.75, 3.05) is 13.1 Å². The fraction of sp³-hybridized carbons (Fsp3) is 0.917. The van der Waals surface area contributed by atoms with Gasteiger partial charge in [0.15, 0.2) is 0 Å². The van der Waals surface area contributed by atoms with Gasteiger partial charge in [-0.3, -0.25) is 0 Å². The minimum Gasteiger partial charge on any atom is -0.444 e. The van der Waals surface area contributed by atoms with Gasteiger partial charge in [-0.05, 0) is 40.5 Å². The maximum Gasteiger partial charge on any atom is 0.410 e. The zero-order valence-corrected chi connectivity index (χ0v) is 10.7. The molecule has 0 saturated carbocycles. The van der Waals surface area contributed by atoms with Crippen LogP contribution in [0.15, 0.2) is 0 Å². The first-order valence-electron chi connectivity index (χ1n) is 5.95. The molecule has 1 fully saturated rings. The van der Waals surface area contributed by atoms with E-state index in [-0.39, 0.29) is 18.1 Å². The molecule has 0 radical (unpaired) electrons. The molecule has 0 aromatic carbocycles. The lowest BCUT2D eigenvalue weighted by Crippen LogP contribution is -2.45. The average Bonchev–Trinajstić information content (AvgIpc) is 2.15. The number of ether oxygens (including phenoxy) is 1. The van der Waals surface area contributed by atoms with Crippen LogP contribution in [0.3, 0.4) is 0 Å². The summed E-state index contributed by atoms with van der Waals surface area (Å²) < 4.78 is 5.31. The number of hydrogen-bond donors (Lipinski definition) is 1. The van der Waals surface area contributed by atoms with E-state index in [0.717, 1.165) is 19.4 Å². The summed E-state index contributed by atoms with van der Waals surface area (Å²) in [5, 5.41) is 9.53. The van der Waals surface area contributed by atoms with Gasteiger partial charge in [-0.15, -0.1) is 0 Å². The Bertz CT molecular complexity index is 245. The highest BCUT2D eigenvalue weighted by Crippen LogP contribution is 2.21. The second-order valence-corrected chi connectivity index (χ2v) is 5.57. The van der Waals surface area contributed by atoms with Gasteiger partial charge in [-0.25, -0.2) is 4.79 Å². The summed E-state index contributed by atoms with van der Waals surface area (Å²) in [6.45, 7) is 8.71. The topological polar surface area (TPSA) is 49.8 Å². The van der Waals surface area contributed by atoms with Gasteiger partial charge in [0.05, 0.1) is 6.10 Å². The Hall–Kier alpha value is -0.770. The summed E-state index contributed by atoms with van der Waals surface area (Å²) >= 11 is 0. The Kier molecular flexibility index (Phi) is 4.19. The van der Waals surface area contributed by atoms with E-state index in [9.17, 15) is 9.90 Å². The SMILES string of the molecule is C[C@@H](O)[C@@H]1CCCN(C(=O)OC(C)(C)C)C1. The fourth-order valence-corrected chi connectivity index (χ4v) is 1.90. The summed E-state index contributed by atoms with van der Waals surface area (Å²) in [5.41, 5.74) is -0.450. The third-order valence-corrected chi connectivity index (χ3v) is 2.79. The Labute approximate surface area is 97.6 Å². The lowest BCUT2D eigenvalue weighted by Gasteiger charge is -2.35. The van der Waals surface area contributed by atoms with Crippen LogP contribution in [0, 0.1) is 5.92 Å². The Balaban J connectivity index is 2.50. The van der Waals surface area contributed by atoms with E-state index in [1.54, 1.807) is 11.8 Å². The number of likely N-dealkylation sites (tertiary alicyclic amines) is 1. The number of rotatable bonds is 1. The van der Waals surface area contributed by atoms with E-state index < -0.39 is 5.60 Å². The Morgan fingerprint density at radius 1 is 1.50 bits per heavy atom. The van der Waals surface area contributed by atoms with Crippen molar-refractivity contribution in [3.05, 3.63) is 0 Å². The molecule has 94 valence electrons. The lowest BCUT2D eigenvalue weighted by atomic mass is 9.94. The number of carbonyl (C=O) groups excluding carboxylic acids is 1. The first-order valence-corrected chi connectivity index (χ1v) is 5.95. The van der Waals surface area contributed by atoms with Crippen molar-refractivity contribution in [2.45, 2.75) is 52.2 Å². The van der Waals surface area contributed by atoms with Gasteiger partial charge in [-0.1, -0.05) is 0 Å². The molecule has 0 unspecified atom stereocenters. The van der Waals surface area contributed by atoms with Crippen molar-refractivity contribution in [2.24, 2.45) is 5.92 Å². The highest BCUT2D eigenvalue weighted by molar-refractivity contribution is 5.68. The molecule has 4 nitrogen and oxygen atoms in total. The third kappa shape index (κ3) is 4.00. The largest absolute Gasteiger partial charge is 0.444 e. The maximum atomic E-state index is 11.8. The summed E-state index contributed by atoms with van der Waals surface area (Å²) in [6, 6.07) is 0. The summed E-state index contributed by atoms with van der Waals surface area (Å²) in [4.78, 5) is 13.5. The van der Waals surface area contributed by atoms with E-state index in [4.69, 9.17) is 4.74 Å². The second kappa shape index (κ2) is 5.04. The van der Waals surface area contributed by atoms with E-state index in [0.29, 0.717) is 6.54 Å². The molecule has 0 aromatic heterocycles. The monoisotopic (exact) mass is 229 g/mol. The molecule has 0 bridgehead atoms. The molecule has 0 aliphatic carbocycles. The van der Waals surface area contributed by atoms with E-state index >= 15 is 0 Å². The zero-order chi connectivity index (χ0) is 12.3. The van der Waals surface area contributed by atoms with Crippen LogP contribution in [0.5, 0.6) is 0 Å². The van der Waals surface area contributed by atoms with Crippen molar-refractivity contribution >= 4 is 6.09 Å². The fourth-order valence-electron chi connectivity index (χ4n) is 1.90. The Morgan fingerprint density at radius 2 is 2.12 bits per heavy atom. The highest BCUT2D eigenvalue weighted by Gasteiger charge is 2.29. The van der Waals surface area contributed by atoms with E-state index in [1.165, 1.54) is 0 Å². The molecule has 16 heavy (non-hydrogen) atoms. The minimum absolute atomic E-state index is 0.182. The van der Waals surface area contributed by atoms with Crippen molar-refractivity contribution in [1.82, 2.24) is 4.90 Å². The number of aliphatic hydroxyl groups excluding tert-OH is 1. The van der Waals surface area contributed by atoms with Gasteiger partial charge in [-0.2, -0.15) is 0 Å². The molecule has 0 aromatic rings. The van der Waals surface area contributed by atoms with Crippen LogP contribution in [0.25, 0.3) is 0 Å². The van der Waals surface area contributed by atoms with Crippen molar-refractivity contribution in [3.63, 3.8) is 0 Å². The number of piperidine rings is 1. The molecular weight excluding hydrogens is 206 g/mol. The number of amides is 1. The van der Waals surface area contributed by atoms with Crippen molar-refractivity contribution < 1.29 is 14.6 Å². The smallest absolute Gasteiger partial charge is 0.410 e. The highest BCUT2D eigenvalue weighted by atomic mass is 16.6. The van der Waals surface area contributed by atoms with Gasteiger partial charge in [0.2, 0.25) is 0 Å². The number of hydrogen-bond acceptors (Lipinski definition) is 3. The first kappa shape index (κ1) is 13.3. The first-order chi connectivity index (χ1) is 7.29.